The van der Waals surface area contributed by atoms with Gasteiger partial charge in [0.1, 0.15) is 0 Å². The van der Waals surface area contributed by atoms with Gasteiger partial charge in [0.25, 0.3) is 5.91 Å². The van der Waals surface area contributed by atoms with Crippen LogP contribution in [0.1, 0.15) is 43.1 Å². The van der Waals surface area contributed by atoms with Crippen molar-refractivity contribution < 1.29 is 9.59 Å². The lowest BCUT2D eigenvalue weighted by atomic mass is 10.1. The summed E-state index contributed by atoms with van der Waals surface area (Å²) in [6, 6.07) is 17.3. The summed E-state index contributed by atoms with van der Waals surface area (Å²) in [6.45, 7) is 5.67. The molecule has 0 saturated heterocycles. The molecule has 0 radical (unpaired) electrons. The van der Waals surface area contributed by atoms with E-state index in [0.717, 1.165) is 12.8 Å². The van der Waals surface area contributed by atoms with Gasteiger partial charge in [0, 0.05) is 23.2 Å². The van der Waals surface area contributed by atoms with Crippen LogP contribution in [-0.4, -0.2) is 17.9 Å². The average Bonchev–Trinajstić information content (AvgIpc) is 2.61. The Labute approximate surface area is 149 Å². The van der Waals surface area contributed by atoms with Gasteiger partial charge in [-0.25, -0.2) is 0 Å². The molecule has 4 heteroatoms. The van der Waals surface area contributed by atoms with Crippen LogP contribution < -0.4 is 10.6 Å². The average molecular weight is 338 g/mol. The minimum absolute atomic E-state index is 0.0613. The number of hydrogen-bond donors (Lipinski definition) is 2. The third-order valence-corrected chi connectivity index (χ3v) is 4.00. The first kappa shape index (κ1) is 18.7. The SMILES string of the molecule is CC(CCc1ccccc1)NC(=O)c1cccc(NC(=O)C(C)C)c1. The van der Waals surface area contributed by atoms with E-state index in [1.807, 2.05) is 39.0 Å². The maximum Gasteiger partial charge on any atom is 0.251 e. The van der Waals surface area contributed by atoms with Gasteiger partial charge in [-0.05, 0) is 43.5 Å². The highest BCUT2D eigenvalue weighted by Gasteiger charge is 2.12. The Bertz CT molecular complexity index is 711. The van der Waals surface area contributed by atoms with Gasteiger partial charge in [0.15, 0.2) is 0 Å². The highest BCUT2D eigenvalue weighted by atomic mass is 16.2. The third-order valence-electron chi connectivity index (χ3n) is 4.00. The second kappa shape index (κ2) is 9.02. The van der Waals surface area contributed by atoms with Crippen molar-refractivity contribution in [2.45, 2.75) is 39.7 Å². The fraction of sp³-hybridized carbons (Fsp3) is 0.333. The molecule has 0 aliphatic heterocycles. The molecule has 2 aromatic carbocycles. The molecular weight excluding hydrogens is 312 g/mol. The van der Waals surface area contributed by atoms with E-state index < -0.39 is 0 Å². The van der Waals surface area contributed by atoms with E-state index in [4.69, 9.17) is 0 Å². The summed E-state index contributed by atoms with van der Waals surface area (Å²) in [5.74, 6) is -0.287. The molecule has 132 valence electrons. The molecule has 1 atom stereocenters. The minimum Gasteiger partial charge on any atom is -0.350 e. The molecule has 4 nitrogen and oxygen atoms in total. The van der Waals surface area contributed by atoms with Gasteiger partial charge in [0.05, 0.1) is 0 Å². The first-order valence-electron chi connectivity index (χ1n) is 8.71. The first-order chi connectivity index (χ1) is 12.0. The van der Waals surface area contributed by atoms with Crippen LogP contribution in [0.2, 0.25) is 0 Å². The van der Waals surface area contributed by atoms with Crippen molar-refractivity contribution >= 4 is 17.5 Å². The van der Waals surface area contributed by atoms with Gasteiger partial charge in [0.2, 0.25) is 5.91 Å². The molecule has 2 rings (SSSR count). The van der Waals surface area contributed by atoms with E-state index in [9.17, 15) is 9.59 Å². The molecule has 2 N–H and O–H groups in total. The van der Waals surface area contributed by atoms with E-state index in [-0.39, 0.29) is 23.8 Å². The van der Waals surface area contributed by atoms with Crippen molar-refractivity contribution in [3.8, 4) is 0 Å². The number of rotatable bonds is 7. The highest BCUT2D eigenvalue weighted by molar-refractivity contribution is 5.97. The van der Waals surface area contributed by atoms with E-state index in [1.165, 1.54) is 5.56 Å². The zero-order chi connectivity index (χ0) is 18.2. The maximum atomic E-state index is 12.4. The van der Waals surface area contributed by atoms with Crippen LogP contribution >= 0.6 is 0 Å². The number of carbonyl (C=O) groups is 2. The quantitative estimate of drug-likeness (QED) is 0.801. The summed E-state index contributed by atoms with van der Waals surface area (Å²) in [5.41, 5.74) is 2.46. The van der Waals surface area contributed by atoms with Crippen LogP contribution in [0.15, 0.2) is 54.6 Å². The van der Waals surface area contributed by atoms with Crippen molar-refractivity contribution in [3.63, 3.8) is 0 Å². The number of aryl methyl sites for hydroxylation is 1. The standard InChI is InChI=1S/C21H26N2O2/c1-15(2)20(24)23-19-11-7-10-18(14-19)21(25)22-16(3)12-13-17-8-5-4-6-9-17/h4-11,14-16H,12-13H2,1-3H3,(H,22,25)(H,23,24). The lowest BCUT2D eigenvalue weighted by Gasteiger charge is -2.15. The number of benzene rings is 2. The second-order valence-corrected chi connectivity index (χ2v) is 6.62. The van der Waals surface area contributed by atoms with E-state index in [0.29, 0.717) is 11.3 Å². The molecule has 0 aliphatic carbocycles. The Hall–Kier alpha value is -2.62. The first-order valence-corrected chi connectivity index (χ1v) is 8.71. The van der Waals surface area contributed by atoms with Crippen molar-refractivity contribution in [2.24, 2.45) is 5.92 Å². The van der Waals surface area contributed by atoms with Gasteiger partial charge in [-0.15, -0.1) is 0 Å². The Balaban J connectivity index is 1.90. The van der Waals surface area contributed by atoms with Crippen LogP contribution in [0.4, 0.5) is 5.69 Å². The maximum absolute atomic E-state index is 12.4. The summed E-state index contributed by atoms with van der Waals surface area (Å²) in [7, 11) is 0. The third kappa shape index (κ3) is 6.07. The molecule has 0 saturated carbocycles. The Kier molecular flexibility index (Phi) is 6.75. The van der Waals surface area contributed by atoms with Crippen LogP contribution in [-0.2, 0) is 11.2 Å². The molecule has 0 spiro atoms. The highest BCUT2D eigenvalue weighted by Crippen LogP contribution is 2.13. The number of carbonyl (C=O) groups excluding carboxylic acids is 2. The minimum atomic E-state index is -0.124. The number of nitrogens with one attached hydrogen (secondary N) is 2. The van der Waals surface area contributed by atoms with E-state index in [1.54, 1.807) is 24.3 Å². The lowest BCUT2D eigenvalue weighted by molar-refractivity contribution is -0.118. The summed E-state index contributed by atoms with van der Waals surface area (Å²) in [5, 5.41) is 5.84. The fourth-order valence-electron chi connectivity index (χ4n) is 2.43. The van der Waals surface area contributed by atoms with Gasteiger partial charge in [-0.1, -0.05) is 50.2 Å². The van der Waals surface area contributed by atoms with Crippen molar-refractivity contribution in [1.82, 2.24) is 5.32 Å². The van der Waals surface area contributed by atoms with Crippen LogP contribution in [0.3, 0.4) is 0 Å². The predicted molar refractivity (Wildman–Crippen MR) is 102 cm³/mol. The van der Waals surface area contributed by atoms with Crippen LogP contribution in [0.25, 0.3) is 0 Å². The van der Waals surface area contributed by atoms with E-state index in [2.05, 4.69) is 22.8 Å². The normalized spacial score (nSPS) is 11.8. The molecule has 0 heterocycles. The predicted octanol–water partition coefficient (Wildman–Crippen LogP) is 4.03. The van der Waals surface area contributed by atoms with Crippen LogP contribution in [0, 0.1) is 5.92 Å². The monoisotopic (exact) mass is 338 g/mol. The Morgan fingerprint density at radius 2 is 1.68 bits per heavy atom. The molecule has 2 aromatic rings. The van der Waals surface area contributed by atoms with Gasteiger partial charge in [-0.3, -0.25) is 9.59 Å². The topological polar surface area (TPSA) is 58.2 Å². The molecule has 25 heavy (non-hydrogen) atoms. The fourth-order valence-corrected chi connectivity index (χ4v) is 2.43. The summed E-state index contributed by atoms with van der Waals surface area (Å²) in [4.78, 5) is 24.2. The zero-order valence-electron chi connectivity index (χ0n) is 15.1. The molecule has 2 amide bonds. The van der Waals surface area contributed by atoms with E-state index >= 15 is 0 Å². The van der Waals surface area contributed by atoms with Gasteiger partial charge >= 0.3 is 0 Å². The smallest absolute Gasteiger partial charge is 0.251 e. The number of amides is 2. The number of hydrogen-bond acceptors (Lipinski definition) is 2. The largest absolute Gasteiger partial charge is 0.350 e. The molecule has 0 aliphatic rings. The van der Waals surface area contributed by atoms with Crippen LogP contribution in [0.5, 0.6) is 0 Å². The van der Waals surface area contributed by atoms with Crippen molar-refractivity contribution in [1.29, 1.82) is 0 Å². The van der Waals surface area contributed by atoms with Crippen molar-refractivity contribution in [2.75, 3.05) is 5.32 Å². The lowest BCUT2D eigenvalue weighted by Crippen LogP contribution is -2.33. The van der Waals surface area contributed by atoms with Crippen molar-refractivity contribution in [3.05, 3.63) is 65.7 Å². The molecule has 1 unspecified atom stereocenters. The summed E-state index contributed by atoms with van der Waals surface area (Å²) in [6.07, 6.45) is 1.80. The Morgan fingerprint density at radius 1 is 0.960 bits per heavy atom. The van der Waals surface area contributed by atoms with Gasteiger partial charge in [-0.2, -0.15) is 0 Å². The molecule has 0 aromatic heterocycles. The molecule has 0 bridgehead atoms. The Morgan fingerprint density at radius 3 is 2.36 bits per heavy atom. The summed E-state index contributed by atoms with van der Waals surface area (Å²) >= 11 is 0. The molecular formula is C21H26N2O2. The van der Waals surface area contributed by atoms with Gasteiger partial charge < -0.3 is 10.6 Å². The molecule has 0 fully saturated rings. The zero-order valence-corrected chi connectivity index (χ0v) is 15.1. The second-order valence-electron chi connectivity index (χ2n) is 6.62. The summed E-state index contributed by atoms with van der Waals surface area (Å²) < 4.78 is 0. The number of anilines is 1.